The van der Waals surface area contributed by atoms with Gasteiger partial charge in [0.25, 0.3) is 5.91 Å². The second kappa shape index (κ2) is 8.50. The third-order valence-electron chi connectivity index (χ3n) is 4.68. The largest absolute Gasteiger partial charge is 0.416 e. The zero-order chi connectivity index (χ0) is 21.0. The van der Waals surface area contributed by atoms with Crippen LogP contribution in [-0.2, 0) is 12.7 Å². The summed E-state index contributed by atoms with van der Waals surface area (Å²) >= 11 is 0. The Morgan fingerprint density at radius 2 is 1.48 bits per heavy atom. The lowest BCUT2D eigenvalue weighted by Crippen LogP contribution is -2.53. The van der Waals surface area contributed by atoms with Crippen LogP contribution in [0.15, 0.2) is 48.5 Å². The Labute approximate surface area is 164 Å². The molecule has 0 aliphatic carbocycles. The number of urea groups is 1. The number of rotatable bonds is 3. The molecule has 1 aliphatic heterocycles. The molecule has 0 unspecified atom stereocenters. The van der Waals surface area contributed by atoms with Gasteiger partial charge in [0, 0.05) is 32.7 Å². The Morgan fingerprint density at radius 1 is 0.897 bits per heavy atom. The van der Waals surface area contributed by atoms with Gasteiger partial charge >= 0.3 is 12.2 Å². The highest BCUT2D eigenvalue weighted by molar-refractivity contribution is 5.94. The number of hydrogen-bond donors (Lipinski definition) is 1. The van der Waals surface area contributed by atoms with E-state index < -0.39 is 23.5 Å². The zero-order valence-electron chi connectivity index (χ0n) is 15.4. The van der Waals surface area contributed by atoms with Gasteiger partial charge in [0.15, 0.2) is 0 Å². The standard InChI is InChI=1S/C20H19F4N3O2/c21-17-4-2-1-3-16(17)18(28)26-9-11-27(12-10-26)19(29)25-13-14-5-7-15(8-6-14)20(22,23)24/h1-8H,9-13H2,(H,25,29). The van der Waals surface area contributed by atoms with Crippen molar-refractivity contribution < 1.29 is 27.2 Å². The molecule has 2 aromatic rings. The van der Waals surface area contributed by atoms with Crippen molar-refractivity contribution in [3.63, 3.8) is 0 Å². The number of alkyl halides is 3. The highest BCUT2D eigenvalue weighted by atomic mass is 19.4. The van der Waals surface area contributed by atoms with E-state index in [4.69, 9.17) is 0 Å². The van der Waals surface area contributed by atoms with Crippen LogP contribution in [0.3, 0.4) is 0 Å². The highest BCUT2D eigenvalue weighted by Crippen LogP contribution is 2.29. The summed E-state index contributed by atoms with van der Waals surface area (Å²) in [6.45, 7) is 1.17. The molecule has 0 aromatic heterocycles. The molecule has 1 saturated heterocycles. The van der Waals surface area contributed by atoms with Crippen LogP contribution in [-0.4, -0.2) is 47.9 Å². The fourth-order valence-corrected chi connectivity index (χ4v) is 3.02. The maximum absolute atomic E-state index is 13.8. The molecule has 5 nitrogen and oxygen atoms in total. The Kier molecular flexibility index (Phi) is 6.05. The van der Waals surface area contributed by atoms with E-state index in [9.17, 15) is 27.2 Å². The molecule has 0 saturated carbocycles. The van der Waals surface area contributed by atoms with Gasteiger partial charge in [-0.3, -0.25) is 4.79 Å². The molecule has 1 heterocycles. The van der Waals surface area contributed by atoms with E-state index in [0.717, 1.165) is 12.1 Å². The molecule has 3 amide bonds. The number of carbonyl (C=O) groups excluding carboxylic acids is 2. The summed E-state index contributed by atoms with van der Waals surface area (Å²) in [7, 11) is 0. The van der Waals surface area contributed by atoms with Crippen LogP contribution >= 0.6 is 0 Å². The van der Waals surface area contributed by atoms with Crippen molar-refractivity contribution in [1.29, 1.82) is 0 Å². The molecule has 29 heavy (non-hydrogen) atoms. The van der Waals surface area contributed by atoms with Crippen molar-refractivity contribution in [2.24, 2.45) is 0 Å². The predicted molar refractivity (Wildman–Crippen MR) is 97.6 cm³/mol. The van der Waals surface area contributed by atoms with Crippen molar-refractivity contribution in [2.45, 2.75) is 12.7 Å². The number of piperazine rings is 1. The van der Waals surface area contributed by atoms with E-state index >= 15 is 0 Å². The molecular weight excluding hydrogens is 390 g/mol. The van der Waals surface area contributed by atoms with Crippen molar-refractivity contribution in [2.75, 3.05) is 26.2 Å². The Balaban J connectivity index is 1.49. The van der Waals surface area contributed by atoms with Gasteiger partial charge in [-0.1, -0.05) is 24.3 Å². The average molecular weight is 409 g/mol. The summed E-state index contributed by atoms with van der Waals surface area (Å²) in [5, 5.41) is 2.65. The zero-order valence-corrected chi connectivity index (χ0v) is 15.4. The summed E-state index contributed by atoms with van der Waals surface area (Å²) in [5.41, 5.74) is -0.212. The van der Waals surface area contributed by atoms with E-state index in [1.54, 1.807) is 6.07 Å². The third-order valence-corrected chi connectivity index (χ3v) is 4.68. The average Bonchev–Trinajstić information content (AvgIpc) is 2.71. The maximum atomic E-state index is 13.8. The first kappa shape index (κ1) is 20.6. The minimum atomic E-state index is -4.40. The summed E-state index contributed by atoms with van der Waals surface area (Å²) in [6, 6.07) is 9.92. The Bertz CT molecular complexity index is 876. The van der Waals surface area contributed by atoms with Gasteiger partial charge in [-0.25, -0.2) is 9.18 Å². The topological polar surface area (TPSA) is 52.7 Å². The minimum absolute atomic E-state index is 0.00675. The summed E-state index contributed by atoms with van der Waals surface area (Å²) in [4.78, 5) is 27.7. The SMILES string of the molecule is O=C(NCc1ccc(C(F)(F)F)cc1)N1CCN(C(=O)c2ccccc2F)CC1. The van der Waals surface area contributed by atoms with Gasteiger partial charge in [-0.2, -0.15) is 13.2 Å². The van der Waals surface area contributed by atoms with Crippen molar-refractivity contribution in [1.82, 2.24) is 15.1 Å². The quantitative estimate of drug-likeness (QED) is 0.789. The van der Waals surface area contributed by atoms with E-state index in [2.05, 4.69) is 5.32 Å². The number of halogens is 4. The van der Waals surface area contributed by atoms with Gasteiger partial charge in [0.05, 0.1) is 11.1 Å². The van der Waals surface area contributed by atoms with Crippen molar-refractivity contribution >= 4 is 11.9 Å². The number of carbonyl (C=O) groups is 2. The molecule has 154 valence electrons. The predicted octanol–water partition coefficient (Wildman–Crippen LogP) is 3.51. The molecule has 0 radical (unpaired) electrons. The molecule has 0 atom stereocenters. The maximum Gasteiger partial charge on any atom is 0.416 e. The van der Waals surface area contributed by atoms with Crippen molar-refractivity contribution in [3.05, 3.63) is 71.0 Å². The van der Waals surface area contributed by atoms with Crippen LogP contribution < -0.4 is 5.32 Å². The molecule has 3 rings (SSSR count). The van der Waals surface area contributed by atoms with Gasteiger partial charge in [-0.15, -0.1) is 0 Å². The van der Waals surface area contributed by atoms with Gasteiger partial charge in [0.1, 0.15) is 5.82 Å². The van der Waals surface area contributed by atoms with Crippen LogP contribution in [0, 0.1) is 5.82 Å². The third kappa shape index (κ3) is 5.04. The summed E-state index contributed by atoms with van der Waals surface area (Å²) < 4.78 is 51.5. The fraction of sp³-hybridized carbons (Fsp3) is 0.300. The number of hydrogen-bond acceptors (Lipinski definition) is 2. The first-order valence-electron chi connectivity index (χ1n) is 8.98. The number of benzene rings is 2. The molecular formula is C20H19F4N3O2. The second-order valence-electron chi connectivity index (χ2n) is 6.61. The van der Waals surface area contributed by atoms with Crippen LogP contribution in [0.5, 0.6) is 0 Å². The van der Waals surface area contributed by atoms with Crippen LogP contribution in [0.2, 0.25) is 0 Å². The number of amides is 3. The lowest BCUT2D eigenvalue weighted by Gasteiger charge is -2.34. The number of nitrogens with zero attached hydrogens (tertiary/aromatic N) is 2. The Hall–Kier alpha value is -3.10. The molecule has 0 bridgehead atoms. The normalized spacial score (nSPS) is 14.6. The van der Waals surface area contributed by atoms with Crippen LogP contribution in [0.1, 0.15) is 21.5 Å². The number of nitrogens with one attached hydrogen (secondary N) is 1. The first-order chi connectivity index (χ1) is 13.8. The summed E-state index contributed by atoms with van der Waals surface area (Å²) in [6.07, 6.45) is -4.40. The lowest BCUT2D eigenvalue weighted by molar-refractivity contribution is -0.137. The van der Waals surface area contributed by atoms with E-state index in [1.165, 1.54) is 40.1 Å². The van der Waals surface area contributed by atoms with Gasteiger partial charge in [-0.05, 0) is 29.8 Å². The lowest BCUT2D eigenvalue weighted by atomic mass is 10.1. The molecule has 1 aliphatic rings. The van der Waals surface area contributed by atoms with Crippen LogP contribution in [0.4, 0.5) is 22.4 Å². The highest BCUT2D eigenvalue weighted by Gasteiger charge is 2.30. The molecule has 9 heteroatoms. The van der Waals surface area contributed by atoms with E-state index in [1.807, 2.05) is 0 Å². The second-order valence-corrected chi connectivity index (χ2v) is 6.61. The van der Waals surface area contributed by atoms with Crippen molar-refractivity contribution in [3.8, 4) is 0 Å². The first-order valence-corrected chi connectivity index (χ1v) is 8.98. The fourth-order valence-electron chi connectivity index (χ4n) is 3.02. The van der Waals surface area contributed by atoms with E-state index in [-0.39, 0.29) is 44.3 Å². The molecule has 2 aromatic carbocycles. The van der Waals surface area contributed by atoms with E-state index in [0.29, 0.717) is 5.56 Å². The molecule has 1 N–H and O–H groups in total. The van der Waals surface area contributed by atoms with Gasteiger partial charge in [0.2, 0.25) is 0 Å². The van der Waals surface area contributed by atoms with Crippen LogP contribution in [0.25, 0.3) is 0 Å². The Morgan fingerprint density at radius 3 is 2.07 bits per heavy atom. The summed E-state index contributed by atoms with van der Waals surface area (Å²) in [5.74, 6) is -1.01. The van der Waals surface area contributed by atoms with Gasteiger partial charge < -0.3 is 15.1 Å². The smallest absolute Gasteiger partial charge is 0.335 e. The minimum Gasteiger partial charge on any atom is -0.335 e. The molecule has 0 spiro atoms. The molecule has 1 fully saturated rings. The monoisotopic (exact) mass is 409 g/mol.